The van der Waals surface area contributed by atoms with Crippen molar-refractivity contribution in [1.82, 2.24) is 0 Å². The molecule has 0 aromatic heterocycles. The zero-order chi connectivity index (χ0) is 14.1. The number of alkyl halides is 3. The molecule has 4 bridgehead atoms. The molecule has 3 fully saturated rings. The van der Waals surface area contributed by atoms with E-state index in [2.05, 4.69) is 10.8 Å². The molecule has 0 N–H and O–H groups in total. The minimum Gasteiger partial charge on any atom is -0.456 e. The van der Waals surface area contributed by atoms with Crippen LogP contribution in [0.4, 0.5) is 13.2 Å². The Labute approximate surface area is 115 Å². The Morgan fingerprint density at radius 3 is 2.95 bits per heavy atom. The van der Waals surface area contributed by atoms with E-state index in [0.29, 0.717) is 17.8 Å². The predicted octanol–water partition coefficient (Wildman–Crippen LogP) is 3.47. The first-order chi connectivity index (χ1) is 9.41. The topological polar surface area (TPSA) is 26.3 Å². The average Bonchev–Trinajstić information content (AvgIpc) is 3.11. The van der Waals surface area contributed by atoms with Gasteiger partial charge in [-0.25, -0.2) is 0 Å². The third kappa shape index (κ3) is 1.55. The Bertz CT molecular complexity index is 496. The summed E-state index contributed by atoms with van der Waals surface area (Å²) in [4.78, 5) is 12.3. The minimum absolute atomic E-state index is 0.252. The van der Waals surface area contributed by atoms with E-state index >= 15 is 0 Å². The van der Waals surface area contributed by atoms with Crippen molar-refractivity contribution in [2.75, 3.05) is 6.61 Å². The van der Waals surface area contributed by atoms with Crippen LogP contribution in [0.5, 0.6) is 0 Å². The van der Waals surface area contributed by atoms with Gasteiger partial charge in [-0.1, -0.05) is 11.6 Å². The van der Waals surface area contributed by atoms with Crippen molar-refractivity contribution < 1.29 is 22.7 Å². The molecule has 0 heterocycles. The zero-order valence-electron chi connectivity index (χ0n) is 11.1. The van der Waals surface area contributed by atoms with Crippen LogP contribution in [0, 0.1) is 29.1 Å². The number of ether oxygens (including phenoxy) is 1. The second kappa shape index (κ2) is 3.80. The Hall–Kier alpha value is -1.00. The van der Waals surface area contributed by atoms with Crippen LogP contribution >= 0.6 is 0 Å². The maximum absolute atomic E-state index is 12.3. The third-order valence-electron chi connectivity index (χ3n) is 6.01. The van der Waals surface area contributed by atoms with Crippen LogP contribution in [0.15, 0.2) is 11.6 Å². The van der Waals surface area contributed by atoms with Crippen LogP contribution in [0.1, 0.15) is 32.1 Å². The van der Waals surface area contributed by atoms with E-state index < -0.39 is 24.2 Å². The van der Waals surface area contributed by atoms with Gasteiger partial charge >= 0.3 is 12.1 Å². The number of allylic oxidation sites excluding steroid dienone is 2. The molecule has 0 amide bonds. The SMILES string of the molecule is O=C(OCC(F)(F)F)C12CCC(C1)C1C3=CCC(C3)C12. The van der Waals surface area contributed by atoms with Crippen molar-refractivity contribution in [2.45, 2.75) is 38.3 Å². The predicted molar refractivity (Wildman–Crippen MR) is 64.6 cm³/mol. The summed E-state index contributed by atoms with van der Waals surface area (Å²) in [7, 11) is 0. The molecule has 0 aliphatic heterocycles. The summed E-state index contributed by atoms with van der Waals surface area (Å²) in [5, 5.41) is 0. The number of carbonyl (C=O) groups excluding carboxylic acids is 1. The number of hydrogen-bond donors (Lipinski definition) is 0. The van der Waals surface area contributed by atoms with Crippen molar-refractivity contribution in [3.05, 3.63) is 11.6 Å². The third-order valence-corrected chi connectivity index (χ3v) is 6.01. The Kier molecular flexibility index (Phi) is 2.42. The standard InChI is InChI=1S/C15H17F3O2/c16-15(17,18)7-20-13(19)14-4-3-10(6-14)11-8-1-2-9(5-8)12(11)14/h1,9-12H,2-7H2. The molecule has 5 heteroatoms. The van der Waals surface area contributed by atoms with Gasteiger partial charge in [0.2, 0.25) is 0 Å². The molecule has 0 aromatic carbocycles. The number of hydrogen-bond acceptors (Lipinski definition) is 2. The molecule has 4 aliphatic rings. The molecule has 4 aliphatic carbocycles. The summed E-state index contributed by atoms with van der Waals surface area (Å²) in [5.74, 6) is 1.09. The average molecular weight is 286 g/mol. The van der Waals surface area contributed by atoms with Gasteiger partial charge in [0, 0.05) is 0 Å². The molecule has 0 spiro atoms. The van der Waals surface area contributed by atoms with Crippen LogP contribution in [0.25, 0.3) is 0 Å². The fourth-order valence-corrected chi connectivity index (χ4v) is 5.57. The smallest absolute Gasteiger partial charge is 0.422 e. The lowest BCUT2D eigenvalue weighted by atomic mass is 9.66. The van der Waals surface area contributed by atoms with E-state index in [1.54, 1.807) is 0 Å². The highest BCUT2D eigenvalue weighted by molar-refractivity contribution is 5.79. The van der Waals surface area contributed by atoms with E-state index in [4.69, 9.17) is 0 Å². The maximum Gasteiger partial charge on any atom is 0.422 e. The summed E-state index contributed by atoms with van der Waals surface area (Å²) >= 11 is 0. The molecule has 0 aromatic rings. The molecule has 0 radical (unpaired) electrons. The molecule has 20 heavy (non-hydrogen) atoms. The van der Waals surface area contributed by atoms with Crippen LogP contribution < -0.4 is 0 Å². The fraction of sp³-hybridized carbons (Fsp3) is 0.800. The summed E-state index contributed by atoms with van der Waals surface area (Å²) in [5.41, 5.74) is 0.858. The second-order valence-corrected chi connectivity index (χ2v) is 6.88. The van der Waals surface area contributed by atoms with Gasteiger partial charge in [-0.3, -0.25) is 4.79 Å². The summed E-state index contributed by atoms with van der Waals surface area (Å²) in [6.45, 7) is -1.44. The van der Waals surface area contributed by atoms with Crippen molar-refractivity contribution in [3.8, 4) is 0 Å². The summed E-state index contributed by atoms with van der Waals surface area (Å²) < 4.78 is 41.5. The molecule has 110 valence electrons. The minimum atomic E-state index is -4.43. The molecule has 4 rings (SSSR count). The number of halogens is 3. The number of carbonyl (C=O) groups is 1. The molecule has 5 atom stereocenters. The largest absolute Gasteiger partial charge is 0.456 e. The van der Waals surface area contributed by atoms with Crippen molar-refractivity contribution in [3.63, 3.8) is 0 Å². The summed E-state index contributed by atoms with van der Waals surface area (Å²) in [6.07, 6.45) is 2.34. The van der Waals surface area contributed by atoms with Gasteiger partial charge in [0.05, 0.1) is 5.41 Å². The Morgan fingerprint density at radius 1 is 1.40 bits per heavy atom. The van der Waals surface area contributed by atoms with Gasteiger partial charge in [-0.05, 0) is 55.8 Å². The highest BCUT2D eigenvalue weighted by Crippen LogP contribution is 2.71. The quantitative estimate of drug-likeness (QED) is 0.441. The van der Waals surface area contributed by atoms with Crippen LogP contribution in [0.2, 0.25) is 0 Å². The normalized spacial score (nSPS) is 44.6. The van der Waals surface area contributed by atoms with Gasteiger partial charge in [-0.2, -0.15) is 13.2 Å². The lowest BCUT2D eigenvalue weighted by Crippen LogP contribution is -2.41. The zero-order valence-corrected chi connectivity index (χ0v) is 11.1. The van der Waals surface area contributed by atoms with Crippen LogP contribution in [-0.2, 0) is 9.53 Å². The van der Waals surface area contributed by atoms with Crippen molar-refractivity contribution in [1.29, 1.82) is 0 Å². The van der Waals surface area contributed by atoms with E-state index in [0.717, 1.165) is 32.1 Å². The first-order valence-electron chi connectivity index (χ1n) is 7.34. The number of fused-ring (bicyclic) bond motifs is 9. The number of rotatable bonds is 2. The molecule has 5 unspecified atom stereocenters. The molecular formula is C15H17F3O2. The van der Waals surface area contributed by atoms with Gasteiger partial charge in [-0.15, -0.1) is 0 Å². The molecule has 3 saturated carbocycles. The first kappa shape index (κ1) is 12.7. The number of esters is 1. The lowest BCUT2D eigenvalue weighted by Gasteiger charge is -2.38. The van der Waals surface area contributed by atoms with E-state index in [-0.39, 0.29) is 5.92 Å². The van der Waals surface area contributed by atoms with Crippen molar-refractivity contribution >= 4 is 5.97 Å². The van der Waals surface area contributed by atoms with Gasteiger partial charge in [0.25, 0.3) is 0 Å². The van der Waals surface area contributed by atoms with E-state index in [1.165, 1.54) is 5.57 Å². The second-order valence-electron chi connectivity index (χ2n) is 6.88. The monoisotopic (exact) mass is 286 g/mol. The van der Waals surface area contributed by atoms with Gasteiger partial charge in [0.1, 0.15) is 0 Å². The van der Waals surface area contributed by atoms with Crippen LogP contribution in [-0.4, -0.2) is 18.8 Å². The van der Waals surface area contributed by atoms with E-state index in [1.807, 2.05) is 0 Å². The summed E-state index contributed by atoms with van der Waals surface area (Å²) in [6, 6.07) is 0. The highest BCUT2D eigenvalue weighted by Gasteiger charge is 2.68. The molecule has 2 nitrogen and oxygen atoms in total. The van der Waals surface area contributed by atoms with Gasteiger partial charge < -0.3 is 4.74 Å². The highest BCUT2D eigenvalue weighted by atomic mass is 19.4. The van der Waals surface area contributed by atoms with Crippen molar-refractivity contribution in [2.24, 2.45) is 29.1 Å². The Morgan fingerprint density at radius 2 is 2.20 bits per heavy atom. The first-order valence-corrected chi connectivity index (χ1v) is 7.34. The van der Waals surface area contributed by atoms with Crippen LogP contribution in [0.3, 0.4) is 0 Å². The fourth-order valence-electron chi connectivity index (χ4n) is 5.57. The van der Waals surface area contributed by atoms with Gasteiger partial charge in [0.15, 0.2) is 6.61 Å². The van der Waals surface area contributed by atoms with E-state index in [9.17, 15) is 18.0 Å². The maximum atomic E-state index is 12.3. The Balaban J connectivity index is 1.58. The molecule has 0 saturated heterocycles. The lowest BCUT2D eigenvalue weighted by molar-refractivity contribution is -0.196. The molecular weight excluding hydrogens is 269 g/mol.